The van der Waals surface area contributed by atoms with Crippen LogP contribution in [0.1, 0.15) is 0 Å². The van der Waals surface area contributed by atoms with Crippen LogP contribution in [0.3, 0.4) is 0 Å². The third-order valence-electron chi connectivity index (χ3n) is 2.31. The summed E-state index contributed by atoms with van der Waals surface area (Å²) in [5.41, 5.74) is 1.05. The number of H-pyrrole nitrogens is 1. The zero-order valence-electron chi connectivity index (χ0n) is 10.0. The number of carbonyl (C=O) groups is 1. The molecule has 0 saturated carbocycles. The second-order valence-corrected chi connectivity index (χ2v) is 3.99. The highest BCUT2D eigenvalue weighted by atomic mass is 19.4. The van der Waals surface area contributed by atoms with Gasteiger partial charge in [0, 0.05) is 5.69 Å². The predicted molar refractivity (Wildman–Crippen MR) is 64.4 cm³/mol. The van der Waals surface area contributed by atoms with Gasteiger partial charge in [-0.05, 0) is 18.2 Å². The number of aromatic nitrogens is 1. The standard InChI is InChI=1S/C11H10F3N3O3/c12-11(13,14)5-15-4-9(18)16-6-1-2-8-7(3-6)17-10(19)20-8/h1-3,15H,4-5H2,(H,16,18)(H,17,19). The van der Waals surface area contributed by atoms with E-state index in [-0.39, 0.29) is 0 Å². The maximum atomic E-state index is 11.9. The molecule has 1 heterocycles. The van der Waals surface area contributed by atoms with Crippen molar-refractivity contribution in [3.8, 4) is 0 Å². The lowest BCUT2D eigenvalue weighted by Crippen LogP contribution is -2.35. The van der Waals surface area contributed by atoms with Gasteiger partial charge in [0.05, 0.1) is 18.6 Å². The molecule has 0 atom stereocenters. The fourth-order valence-corrected chi connectivity index (χ4v) is 1.55. The van der Waals surface area contributed by atoms with E-state index in [9.17, 15) is 22.8 Å². The van der Waals surface area contributed by atoms with Crippen molar-refractivity contribution in [2.75, 3.05) is 18.4 Å². The van der Waals surface area contributed by atoms with Gasteiger partial charge < -0.3 is 15.1 Å². The molecule has 1 amide bonds. The van der Waals surface area contributed by atoms with Crippen molar-refractivity contribution in [2.45, 2.75) is 6.18 Å². The van der Waals surface area contributed by atoms with Gasteiger partial charge in [0.1, 0.15) is 0 Å². The van der Waals surface area contributed by atoms with Crippen molar-refractivity contribution in [1.29, 1.82) is 0 Å². The Hall–Kier alpha value is -2.29. The lowest BCUT2D eigenvalue weighted by Gasteiger charge is -2.08. The number of nitrogens with one attached hydrogen (secondary N) is 3. The molecule has 0 fully saturated rings. The molecule has 108 valence electrons. The normalized spacial score (nSPS) is 11.8. The summed E-state index contributed by atoms with van der Waals surface area (Å²) in [5.74, 6) is -1.25. The third kappa shape index (κ3) is 3.85. The van der Waals surface area contributed by atoms with Gasteiger partial charge in [0.25, 0.3) is 0 Å². The molecule has 0 aliphatic carbocycles. The van der Waals surface area contributed by atoms with Crippen molar-refractivity contribution in [3.05, 3.63) is 28.7 Å². The van der Waals surface area contributed by atoms with E-state index >= 15 is 0 Å². The molecule has 3 N–H and O–H groups in total. The van der Waals surface area contributed by atoms with Crippen LogP contribution in [0.25, 0.3) is 11.1 Å². The van der Waals surface area contributed by atoms with Crippen molar-refractivity contribution >= 4 is 22.7 Å². The molecular formula is C11H10F3N3O3. The summed E-state index contributed by atoms with van der Waals surface area (Å²) in [5, 5.41) is 4.37. The van der Waals surface area contributed by atoms with E-state index in [0.29, 0.717) is 16.8 Å². The van der Waals surface area contributed by atoms with E-state index in [1.807, 2.05) is 5.32 Å². The topological polar surface area (TPSA) is 87.1 Å². The average Bonchev–Trinajstić information content (AvgIpc) is 2.66. The van der Waals surface area contributed by atoms with Gasteiger partial charge in [-0.15, -0.1) is 0 Å². The Morgan fingerprint density at radius 2 is 2.10 bits per heavy atom. The zero-order valence-corrected chi connectivity index (χ0v) is 10.0. The largest absolute Gasteiger partial charge is 0.417 e. The summed E-state index contributed by atoms with van der Waals surface area (Å²) < 4.78 is 40.4. The molecule has 1 aromatic carbocycles. The molecule has 1 aromatic heterocycles. The number of alkyl halides is 3. The molecule has 2 aromatic rings. The number of rotatable bonds is 4. The number of carbonyl (C=O) groups excluding carboxylic acids is 1. The lowest BCUT2D eigenvalue weighted by atomic mass is 10.3. The number of halogens is 3. The molecular weight excluding hydrogens is 279 g/mol. The summed E-state index contributed by atoms with van der Waals surface area (Å²) in [6, 6.07) is 4.38. The molecule has 20 heavy (non-hydrogen) atoms. The van der Waals surface area contributed by atoms with Crippen molar-refractivity contribution in [2.24, 2.45) is 0 Å². The second-order valence-electron chi connectivity index (χ2n) is 3.99. The lowest BCUT2D eigenvalue weighted by molar-refractivity contribution is -0.126. The maximum absolute atomic E-state index is 11.9. The minimum atomic E-state index is -4.37. The summed E-state index contributed by atoms with van der Waals surface area (Å²) in [7, 11) is 0. The molecule has 0 bridgehead atoms. The minimum absolute atomic E-state index is 0.322. The molecule has 0 spiro atoms. The van der Waals surface area contributed by atoms with E-state index in [1.165, 1.54) is 18.2 Å². The van der Waals surface area contributed by atoms with E-state index in [2.05, 4.69) is 10.3 Å². The molecule has 0 aliphatic rings. The maximum Gasteiger partial charge on any atom is 0.417 e. The van der Waals surface area contributed by atoms with E-state index < -0.39 is 30.9 Å². The fourth-order valence-electron chi connectivity index (χ4n) is 1.55. The Bertz CT molecular complexity index is 675. The van der Waals surface area contributed by atoms with Crippen LogP contribution in [-0.4, -0.2) is 30.2 Å². The Kier molecular flexibility index (Phi) is 3.79. The van der Waals surface area contributed by atoms with Gasteiger partial charge >= 0.3 is 11.9 Å². The second kappa shape index (κ2) is 5.37. The van der Waals surface area contributed by atoms with Crippen LogP contribution in [0.2, 0.25) is 0 Å². The molecule has 0 unspecified atom stereocenters. The Labute approximate surface area is 110 Å². The van der Waals surface area contributed by atoms with Crippen LogP contribution in [0.15, 0.2) is 27.4 Å². The zero-order chi connectivity index (χ0) is 14.8. The number of aromatic amines is 1. The van der Waals surface area contributed by atoms with Gasteiger partial charge in [0.15, 0.2) is 5.58 Å². The minimum Gasteiger partial charge on any atom is -0.408 e. The van der Waals surface area contributed by atoms with E-state index in [4.69, 9.17) is 4.42 Å². The van der Waals surface area contributed by atoms with Crippen molar-refractivity contribution in [3.63, 3.8) is 0 Å². The van der Waals surface area contributed by atoms with E-state index in [1.54, 1.807) is 0 Å². The van der Waals surface area contributed by atoms with E-state index in [0.717, 1.165) is 0 Å². The highest BCUT2D eigenvalue weighted by molar-refractivity contribution is 5.94. The molecule has 6 nitrogen and oxygen atoms in total. The predicted octanol–water partition coefficient (Wildman–Crippen LogP) is 1.21. The van der Waals surface area contributed by atoms with Crippen LogP contribution in [0, 0.1) is 0 Å². The summed E-state index contributed by atoms with van der Waals surface area (Å²) in [4.78, 5) is 24.7. The average molecular weight is 289 g/mol. The summed E-state index contributed by atoms with van der Waals surface area (Å²) >= 11 is 0. The van der Waals surface area contributed by atoms with Gasteiger partial charge in [-0.3, -0.25) is 9.78 Å². The van der Waals surface area contributed by atoms with Crippen molar-refractivity contribution < 1.29 is 22.4 Å². The molecule has 0 radical (unpaired) electrons. The first-order valence-electron chi connectivity index (χ1n) is 5.54. The number of hydrogen-bond donors (Lipinski definition) is 3. The molecule has 0 aliphatic heterocycles. The van der Waals surface area contributed by atoms with Gasteiger partial charge in [-0.1, -0.05) is 0 Å². The van der Waals surface area contributed by atoms with Crippen LogP contribution in [0.4, 0.5) is 18.9 Å². The Morgan fingerprint density at radius 3 is 2.80 bits per heavy atom. The number of amides is 1. The first-order chi connectivity index (χ1) is 9.33. The summed E-state index contributed by atoms with van der Waals surface area (Å²) in [6.45, 7) is -1.71. The van der Waals surface area contributed by atoms with Crippen LogP contribution >= 0.6 is 0 Å². The SMILES string of the molecule is O=C(CNCC(F)(F)F)Nc1ccc2oc(=O)[nH]c2c1. The first kappa shape index (κ1) is 14.1. The van der Waals surface area contributed by atoms with Crippen LogP contribution in [-0.2, 0) is 4.79 Å². The highest BCUT2D eigenvalue weighted by Crippen LogP contribution is 2.16. The first-order valence-corrected chi connectivity index (χ1v) is 5.54. The summed E-state index contributed by atoms with van der Waals surface area (Å²) in [6.07, 6.45) is -4.37. The molecule has 2 rings (SSSR count). The number of hydrogen-bond acceptors (Lipinski definition) is 4. The fraction of sp³-hybridized carbons (Fsp3) is 0.273. The number of oxazole rings is 1. The van der Waals surface area contributed by atoms with Crippen LogP contribution in [0.5, 0.6) is 0 Å². The van der Waals surface area contributed by atoms with Crippen molar-refractivity contribution in [1.82, 2.24) is 10.3 Å². The number of fused-ring (bicyclic) bond motifs is 1. The number of benzene rings is 1. The van der Waals surface area contributed by atoms with Crippen LogP contribution < -0.4 is 16.4 Å². The molecule has 9 heteroatoms. The quantitative estimate of drug-likeness (QED) is 0.789. The third-order valence-corrected chi connectivity index (χ3v) is 2.31. The molecule has 0 saturated heterocycles. The van der Waals surface area contributed by atoms with Gasteiger partial charge in [-0.2, -0.15) is 13.2 Å². The monoisotopic (exact) mass is 289 g/mol. The highest BCUT2D eigenvalue weighted by Gasteiger charge is 2.26. The smallest absolute Gasteiger partial charge is 0.408 e. The Morgan fingerprint density at radius 1 is 1.35 bits per heavy atom. The van der Waals surface area contributed by atoms with Gasteiger partial charge in [0.2, 0.25) is 5.91 Å². The Balaban J connectivity index is 1.94. The number of anilines is 1. The van der Waals surface area contributed by atoms with Gasteiger partial charge in [-0.25, -0.2) is 4.79 Å².